The van der Waals surface area contributed by atoms with Crippen molar-refractivity contribution in [2.45, 2.75) is 32.4 Å². The highest BCUT2D eigenvalue weighted by Gasteiger charge is 2.16. The summed E-state index contributed by atoms with van der Waals surface area (Å²) in [5.74, 6) is 0.248. The van der Waals surface area contributed by atoms with Gasteiger partial charge in [0, 0.05) is 17.8 Å². The Balaban J connectivity index is 1.37. The normalized spacial score (nSPS) is 11.9. The van der Waals surface area contributed by atoms with Crippen LogP contribution in [0, 0.1) is 5.82 Å². The summed E-state index contributed by atoms with van der Waals surface area (Å²) in [4.78, 5) is 16.9. The zero-order chi connectivity index (χ0) is 21.6. The van der Waals surface area contributed by atoms with Crippen molar-refractivity contribution < 1.29 is 13.7 Å². The quantitative estimate of drug-likeness (QED) is 0.458. The van der Waals surface area contributed by atoms with E-state index in [2.05, 4.69) is 27.6 Å². The van der Waals surface area contributed by atoms with Crippen molar-refractivity contribution in [3.63, 3.8) is 0 Å². The Kier molecular flexibility index (Phi) is 6.21. The van der Waals surface area contributed by atoms with Gasteiger partial charge in [0.1, 0.15) is 18.1 Å². The van der Waals surface area contributed by atoms with Crippen LogP contribution in [0.15, 0.2) is 77.4 Å². The van der Waals surface area contributed by atoms with Gasteiger partial charge in [0.25, 0.3) is 5.89 Å². The summed E-state index contributed by atoms with van der Waals surface area (Å²) in [5.41, 5.74) is 2.55. The van der Waals surface area contributed by atoms with Crippen LogP contribution in [0.3, 0.4) is 0 Å². The first-order chi connectivity index (χ1) is 15.1. The molecule has 6 nitrogen and oxygen atoms in total. The molecule has 4 aromatic rings. The lowest BCUT2D eigenvalue weighted by molar-refractivity contribution is -0.122. The lowest BCUT2D eigenvalue weighted by atomic mass is 10.1. The highest BCUT2D eigenvalue weighted by atomic mass is 19.1. The average molecular weight is 418 g/mol. The average Bonchev–Trinajstić information content (AvgIpc) is 3.43. The van der Waals surface area contributed by atoms with Crippen molar-refractivity contribution in [3.05, 3.63) is 84.3 Å². The zero-order valence-electron chi connectivity index (χ0n) is 17.2. The summed E-state index contributed by atoms with van der Waals surface area (Å²) < 4.78 is 20.3. The fourth-order valence-electron chi connectivity index (χ4n) is 3.37. The first kappa shape index (κ1) is 20.5. The Hall–Kier alpha value is -3.74. The molecule has 1 atom stereocenters. The molecule has 31 heavy (non-hydrogen) atoms. The van der Waals surface area contributed by atoms with Crippen LogP contribution in [0.4, 0.5) is 4.39 Å². The molecule has 4 rings (SSSR count). The maximum atomic E-state index is 13.1. The minimum Gasteiger partial charge on any atom is -0.352 e. The molecule has 7 heteroatoms. The number of hydrogen-bond acceptors (Lipinski definition) is 4. The summed E-state index contributed by atoms with van der Waals surface area (Å²) >= 11 is 0. The van der Waals surface area contributed by atoms with E-state index in [4.69, 9.17) is 4.52 Å². The largest absolute Gasteiger partial charge is 0.352 e. The van der Waals surface area contributed by atoms with E-state index < -0.39 is 0 Å². The Morgan fingerprint density at radius 1 is 1.10 bits per heavy atom. The van der Waals surface area contributed by atoms with Crippen molar-refractivity contribution in [2.75, 3.05) is 0 Å². The third-order valence-electron chi connectivity index (χ3n) is 5.01. The standard InChI is InChI=1S/C24H23FN4O2/c1-17(9-10-18-6-3-2-4-7-18)26-22(30)16-29-15-5-8-21(29)24-27-23(28-31-24)19-11-13-20(25)14-12-19/h2-8,11-15,17H,9-10,16H2,1H3,(H,26,30)/t17-/m0/s1. The molecule has 0 aliphatic heterocycles. The third-order valence-corrected chi connectivity index (χ3v) is 5.01. The number of aryl methyl sites for hydroxylation is 1. The van der Waals surface area contributed by atoms with Gasteiger partial charge in [-0.05, 0) is 61.7 Å². The first-order valence-electron chi connectivity index (χ1n) is 10.2. The van der Waals surface area contributed by atoms with Gasteiger partial charge in [0.15, 0.2) is 0 Å². The molecular formula is C24H23FN4O2. The van der Waals surface area contributed by atoms with Gasteiger partial charge in [-0.25, -0.2) is 4.39 Å². The SMILES string of the molecule is C[C@@H](CCc1ccccc1)NC(=O)Cn1cccc1-c1nc(-c2ccc(F)cc2)no1. The van der Waals surface area contributed by atoms with Crippen LogP contribution in [-0.4, -0.2) is 26.7 Å². The van der Waals surface area contributed by atoms with E-state index in [9.17, 15) is 9.18 Å². The van der Waals surface area contributed by atoms with E-state index >= 15 is 0 Å². The second-order valence-electron chi connectivity index (χ2n) is 7.44. The molecule has 1 amide bonds. The minimum absolute atomic E-state index is 0.0557. The predicted molar refractivity (Wildman–Crippen MR) is 115 cm³/mol. The van der Waals surface area contributed by atoms with Crippen LogP contribution >= 0.6 is 0 Å². The number of rotatable bonds is 8. The smallest absolute Gasteiger partial charge is 0.274 e. The summed E-state index contributed by atoms with van der Waals surface area (Å²) in [6.07, 6.45) is 3.56. The number of nitrogens with one attached hydrogen (secondary N) is 1. The van der Waals surface area contributed by atoms with Gasteiger partial charge in [-0.2, -0.15) is 4.98 Å². The lowest BCUT2D eigenvalue weighted by Crippen LogP contribution is -2.35. The summed E-state index contributed by atoms with van der Waals surface area (Å²) in [5, 5.41) is 7.01. The van der Waals surface area contributed by atoms with Gasteiger partial charge in [0.2, 0.25) is 11.7 Å². The van der Waals surface area contributed by atoms with Crippen molar-refractivity contribution in [1.82, 2.24) is 20.0 Å². The Bertz CT molecular complexity index is 1140. The highest BCUT2D eigenvalue weighted by Crippen LogP contribution is 2.23. The molecule has 0 unspecified atom stereocenters. The monoisotopic (exact) mass is 418 g/mol. The predicted octanol–water partition coefficient (Wildman–Crippen LogP) is 4.48. The van der Waals surface area contributed by atoms with Crippen LogP contribution < -0.4 is 5.32 Å². The number of hydrogen-bond donors (Lipinski definition) is 1. The van der Waals surface area contributed by atoms with Crippen LogP contribution in [0.5, 0.6) is 0 Å². The number of halogens is 1. The van der Waals surface area contributed by atoms with Gasteiger partial charge in [0.05, 0.1) is 0 Å². The highest BCUT2D eigenvalue weighted by molar-refractivity contribution is 5.76. The molecule has 0 aliphatic carbocycles. The van der Waals surface area contributed by atoms with Crippen molar-refractivity contribution in [3.8, 4) is 23.0 Å². The molecule has 0 radical (unpaired) electrons. The van der Waals surface area contributed by atoms with Crippen LogP contribution in [0.2, 0.25) is 0 Å². The van der Waals surface area contributed by atoms with E-state index in [1.54, 1.807) is 22.9 Å². The van der Waals surface area contributed by atoms with Gasteiger partial charge < -0.3 is 14.4 Å². The molecule has 158 valence electrons. The topological polar surface area (TPSA) is 73.0 Å². The molecule has 1 N–H and O–H groups in total. The molecule has 0 spiro atoms. The van der Waals surface area contributed by atoms with Crippen LogP contribution in [0.25, 0.3) is 23.0 Å². The summed E-state index contributed by atoms with van der Waals surface area (Å²) in [6.45, 7) is 2.15. The van der Waals surface area contributed by atoms with Gasteiger partial charge in [-0.3, -0.25) is 4.79 Å². The number of aromatic nitrogens is 3. The van der Waals surface area contributed by atoms with Gasteiger partial charge >= 0.3 is 0 Å². The van der Waals surface area contributed by atoms with Gasteiger partial charge in [-0.1, -0.05) is 35.5 Å². The number of carbonyl (C=O) groups is 1. The third kappa shape index (κ3) is 5.25. The number of benzene rings is 2. The molecule has 0 saturated heterocycles. The Morgan fingerprint density at radius 3 is 2.65 bits per heavy atom. The Morgan fingerprint density at radius 2 is 1.87 bits per heavy atom. The molecule has 2 heterocycles. The van der Waals surface area contributed by atoms with Crippen LogP contribution in [0.1, 0.15) is 18.9 Å². The number of amides is 1. The van der Waals surface area contributed by atoms with Crippen molar-refractivity contribution in [2.24, 2.45) is 0 Å². The maximum Gasteiger partial charge on any atom is 0.274 e. The lowest BCUT2D eigenvalue weighted by Gasteiger charge is -2.15. The first-order valence-corrected chi connectivity index (χ1v) is 10.2. The maximum absolute atomic E-state index is 13.1. The summed E-state index contributed by atoms with van der Waals surface area (Å²) in [6, 6.07) is 19.8. The van der Waals surface area contributed by atoms with Crippen molar-refractivity contribution >= 4 is 5.91 Å². The summed E-state index contributed by atoms with van der Waals surface area (Å²) in [7, 11) is 0. The number of nitrogens with zero attached hydrogens (tertiary/aromatic N) is 3. The molecule has 0 saturated carbocycles. The van der Waals surface area contributed by atoms with Gasteiger partial charge in [-0.15, -0.1) is 0 Å². The van der Waals surface area contributed by atoms with Crippen molar-refractivity contribution in [1.29, 1.82) is 0 Å². The molecule has 0 bridgehead atoms. The van der Waals surface area contributed by atoms with Crippen LogP contribution in [-0.2, 0) is 17.8 Å². The molecule has 2 aromatic carbocycles. The number of carbonyl (C=O) groups excluding carboxylic acids is 1. The van der Waals surface area contributed by atoms with E-state index in [1.165, 1.54) is 17.7 Å². The minimum atomic E-state index is -0.328. The van der Waals surface area contributed by atoms with E-state index in [-0.39, 0.29) is 24.3 Å². The zero-order valence-corrected chi connectivity index (χ0v) is 17.2. The Labute approximate surface area is 179 Å². The van der Waals surface area contributed by atoms with E-state index in [1.807, 2.05) is 37.3 Å². The molecule has 2 aromatic heterocycles. The second-order valence-corrected chi connectivity index (χ2v) is 7.44. The molecule has 0 fully saturated rings. The molecule has 0 aliphatic rings. The molecular weight excluding hydrogens is 395 g/mol. The van der Waals surface area contributed by atoms with E-state index in [0.717, 1.165) is 12.8 Å². The van der Waals surface area contributed by atoms with E-state index in [0.29, 0.717) is 23.0 Å². The second kappa shape index (κ2) is 9.38. The fourth-order valence-corrected chi connectivity index (χ4v) is 3.37. The fraction of sp³-hybridized carbons (Fsp3) is 0.208.